The number of hydrogen-bond donors (Lipinski definition) is 1. The van der Waals surface area contributed by atoms with E-state index in [0.29, 0.717) is 19.5 Å². The molecule has 0 bridgehead atoms. The summed E-state index contributed by atoms with van der Waals surface area (Å²) in [6, 6.07) is 2.84. The molecule has 1 aromatic rings. The number of likely N-dealkylation sites (tertiary alicyclic amines) is 1. The molecule has 27 heavy (non-hydrogen) atoms. The van der Waals surface area contributed by atoms with E-state index in [-0.39, 0.29) is 42.4 Å². The van der Waals surface area contributed by atoms with E-state index < -0.39 is 17.6 Å². The van der Waals surface area contributed by atoms with Gasteiger partial charge in [-0.15, -0.1) is 0 Å². The van der Waals surface area contributed by atoms with Gasteiger partial charge in [-0.05, 0) is 25.0 Å². The summed E-state index contributed by atoms with van der Waals surface area (Å²) in [4.78, 5) is 39.7. The van der Waals surface area contributed by atoms with Crippen molar-refractivity contribution >= 4 is 23.4 Å². The van der Waals surface area contributed by atoms with Crippen molar-refractivity contribution in [3.05, 3.63) is 29.8 Å². The van der Waals surface area contributed by atoms with Crippen molar-refractivity contribution in [2.75, 3.05) is 24.5 Å². The molecule has 3 rings (SSSR count). The van der Waals surface area contributed by atoms with Crippen molar-refractivity contribution in [3.63, 3.8) is 0 Å². The van der Waals surface area contributed by atoms with Crippen LogP contribution < -0.4 is 10.2 Å². The fraction of sp³-hybridized carbons (Fsp3) is 0.526. The zero-order valence-electron chi connectivity index (χ0n) is 15.2. The van der Waals surface area contributed by atoms with Gasteiger partial charge in [0.05, 0.1) is 5.92 Å². The van der Waals surface area contributed by atoms with Crippen molar-refractivity contribution in [1.82, 2.24) is 10.2 Å². The summed E-state index contributed by atoms with van der Waals surface area (Å²) in [5.74, 6) is -2.62. The smallest absolute Gasteiger partial charge is 0.228 e. The van der Waals surface area contributed by atoms with Crippen molar-refractivity contribution < 1.29 is 23.2 Å². The first-order valence-electron chi connectivity index (χ1n) is 9.22. The molecule has 0 radical (unpaired) electrons. The van der Waals surface area contributed by atoms with E-state index in [9.17, 15) is 23.2 Å². The highest BCUT2D eigenvalue weighted by Gasteiger charge is 2.38. The van der Waals surface area contributed by atoms with Crippen LogP contribution in [0.1, 0.15) is 32.6 Å². The molecule has 146 valence electrons. The molecule has 1 aromatic carbocycles. The summed E-state index contributed by atoms with van der Waals surface area (Å²) in [7, 11) is 0. The van der Waals surface area contributed by atoms with Gasteiger partial charge < -0.3 is 15.1 Å². The molecule has 6 nitrogen and oxygen atoms in total. The topological polar surface area (TPSA) is 69.7 Å². The van der Waals surface area contributed by atoms with Gasteiger partial charge in [0.25, 0.3) is 0 Å². The first kappa shape index (κ1) is 19.3. The minimum Gasteiger partial charge on any atom is -0.352 e. The number of carbonyl (C=O) groups is 3. The Bertz CT molecular complexity index is 735. The van der Waals surface area contributed by atoms with Gasteiger partial charge in [-0.3, -0.25) is 14.4 Å². The van der Waals surface area contributed by atoms with Crippen molar-refractivity contribution in [2.45, 2.75) is 38.6 Å². The monoisotopic (exact) mass is 379 g/mol. The summed E-state index contributed by atoms with van der Waals surface area (Å²) in [6.45, 7) is 2.87. The molecule has 2 fully saturated rings. The number of anilines is 1. The van der Waals surface area contributed by atoms with E-state index in [1.807, 2.05) is 0 Å². The Morgan fingerprint density at radius 2 is 1.89 bits per heavy atom. The van der Waals surface area contributed by atoms with E-state index in [1.54, 1.807) is 11.8 Å². The molecule has 0 aromatic heterocycles. The van der Waals surface area contributed by atoms with Gasteiger partial charge in [-0.25, -0.2) is 8.78 Å². The van der Waals surface area contributed by atoms with Gasteiger partial charge in [-0.2, -0.15) is 0 Å². The van der Waals surface area contributed by atoms with Crippen LogP contribution in [0.5, 0.6) is 0 Å². The van der Waals surface area contributed by atoms with E-state index in [1.165, 1.54) is 4.90 Å². The number of hydrogen-bond acceptors (Lipinski definition) is 3. The standard InChI is InChI=1S/C19H23F2N3O3/c1-2-17(25)22-15-4-3-5-23(11-15)19(27)12-6-18(26)24(10-12)16-8-13(20)7-14(21)9-16/h7-9,12,15H,2-6,10-11H2,1H3,(H,22,25). The van der Waals surface area contributed by atoms with E-state index in [4.69, 9.17) is 0 Å². The maximum Gasteiger partial charge on any atom is 0.228 e. The summed E-state index contributed by atoms with van der Waals surface area (Å²) in [6.07, 6.45) is 1.99. The van der Waals surface area contributed by atoms with Gasteiger partial charge in [0, 0.05) is 50.3 Å². The minimum atomic E-state index is -0.766. The van der Waals surface area contributed by atoms with Crippen molar-refractivity contribution in [3.8, 4) is 0 Å². The average molecular weight is 379 g/mol. The Morgan fingerprint density at radius 1 is 1.19 bits per heavy atom. The van der Waals surface area contributed by atoms with E-state index in [2.05, 4.69) is 5.32 Å². The Kier molecular flexibility index (Phi) is 5.72. The van der Waals surface area contributed by atoms with E-state index >= 15 is 0 Å². The zero-order chi connectivity index (χ0) is 19.6. The lowest BCUT2D eigenvalue weighted by Gasteiger charge is -2.34. The number of carbonyl (C=O) groups excluding carboxylic acids is 3. The molecule has 2 aliphatic rings. The van der Waals surface area contributed by atoms with Crippen LogP contribution in [0.4, 0.5) is 14.5 Å². The van der Waals surface area contributed by atoms with Crippen LogP contribution in [0.25, 0.3) is 0 Å². The highest BCUT2D eigenvalue weighted by Crippen LogP contribution is 2.28. The van der Waals surface area contributed by atoms with Gasteiger partial charge in [0.2, 0.25) is 17.7 Å². The number of nitrogens with one attached hydrogen (secondary N) is 1. The van der Waals surface area contributed by atoms with Gasteiger partial charge in [-0.1, -0.05) is 6.92 Å². The molecule has 3 amide bonds. The maximum absolute atomic E-state index is 13.4. The average Bonchev–Trinajstić information content (AvgIpc) is 3.02. The molecule has 2 atom stereocenters. The molecule has 2 unspecified atom stereocenters. The summed E-state index contributed by atoms with van der Waals surface area (Å²) in [5.41, 5.74) is 0.125. The van der Waals surface area contributed by atoms with Crippen LogP contribution >= 0.6 is 0 Å². The zero-order valence-corrected chi connectivity index (χ0v) is 15.2. The number of nitrogens with zero attached hydrogens (tertiary/aromatic N) is 2. The van der Waals surface area contributed by atoms with E-state index in [0.717, 1.165) is 31.0 Å². The molecule has 8 heteroatoms. The number of rotatable bonds is 4. The summed E-state index contributed by atoms with van der Waals surface area (Å²) in [5, 5.41) is 2.91. The van der Waals surface area contributed by atoms with Crippen LogP contribution in [0.15, 0.2) is 18.2 Å². The lowest BCUT2D eigenvalue weighted by molar-refractivity contribution is -0.137. The molecule has 1 N–H and O–H groups in total. The van der Waals surface area contributed by atoms with Crippen molar-refractivity contribution in [1.29, 1.82) is 0 Å². The number of benzene rings is 1. The molecule has 2 aliphatic heterocycles. The minimum absolute atomic E-state index is 0.0133. The molecule has 2 heterocycles. The van der Waals surface area contributed by atoms with Crippen molar-refractivity contribution in [2.24, 2.45) is 5.92 Å². The first-order chi connectivity index (χ1) is 12.9. The predicted molar refractivity (Wildman–Crippen MR) is 94.9 cm³/mol. The van der Waals surface area contributed by atoms with Gasteiger partial charge in [0.15, 0.2) is 0 Å². The lowest BCUT2D eigenvalue weighted by Crippen LogP contribution is -2.51. The quantitative estimate of drug-likeness (QED) is 0.868. The first-order valence-corrected chi connectivity index (χ1v) is 9.22. The van der Waals surface area contributed by atoms with Gasteiger partial charge >= 0.3 is 0 Å². The molecule has 0 saturated carbocycles. The number of halogens is 2. The SMILES string of the molecule is CCC(=O)NC1CCCN(C(=O)C2CC(=O)N(c3cc(F)cc(F)c3)C2)C1. The lowest BCUT2D eigenvalue weighted by atomic mass is 10.0. The highest BCUT2D eigenvalue weighted by atomic mass is 19.1. The second kappa shape index (κ2) is 8.02. The third-order valence-electron chi connectivity index (χ3n) is 5.05. The number of amides is 3. The molecule has 0 spiro atoms. The second-order valence-corrected chi connectivity index (χ2v) is 7.08. The van der Waals surface area contributed by atoms with Crippen LogP contribution in [0.3, 0.4) is 0 Å². The molecular formula is C19H23F2N3O3. The number of piperidine rings is 1. The fourth-order valence-corrected chi connectivity index (χ4v) is 3.70. The summed E-state index contributed by atoms with van der Waals surface area (Å²) < 4.78 is 26.9. The predicted octanol–water partition coefficient (Wildman–Crippen LogP) is 1.83. The van der Waals surface area contributed by atoms with Crippen LogP contribution in [-0.2, 0) is 14.4 Å². The molecule has 0 aliphatic carbocycles. The van der Waals surface area contributed by atoms with Crippen LogP contribution in [0.2, 0.25) is 0 Å². The molecular weight excluding hydrogens is 356 g/mol. The second-order valence-electron chi connectivity index (χ2n) is 7.08. The Balaban J connectivity index is 1.65. The maximum atomic E-state index is 13.4. The normalized spacial score (nSPS) is 22.9. The summed E-state index contributed by atoms with van der Waals surface area (Å²) >= 11 is 0. The van der Waals surface area contributed by atoms with Crippen LogP contribution in [0, 0.1) is 17.6 Å². The Hall–Kier alpha value is -2.51. The molecule has 2 saturated heterocycles. The third-order valence-corrected chi connectivity index (χ3v) is 5.05. The largest absolute Gasteiger partial charge is 0.352 e. The third kappa shape index (κ3) is 4.43. The van der Waals surface area contributed by atoms with Gasteiger partial charge in [0.1, 0.15) is 11.6 Å². The Morgan fingerprint density at radius 3 is 2.56 bits per heavy atom. The highest BCUT2D eigenvalue weighted by molar-refractivity contribution is 6.00. The Labute approximate surface area is 156 Å². The fourth-order valence-electron chi connectivity index (χ4n) is 3.70. The van der Waals surface area contributed by atoms with Crippen LogP contribution in [-0.4, -0.2) is 48.3 Å².